The molecule has 0 saturated carbocycles. The molecule has 1 fully saturated rings. The lowest BCUT2D eigenvalue weighted by molar-refractivity contribution is -0.131. The maximum Gasteiger partial charge on any atom is 0.226 e. The van der Waals surface area contributed by atoms with Crippen LogP contribution < -0.4 is 5.73 Å². The molecule has 0 bridgehead atoms. The van der Waals surface area contributed by atoms with Gasteiger partial charge in [-0.3, -0.25) is 9.00 Å². The molecule has 2 aromatic carbocycles. The van der Waals surface area contributed by atoms with Gasteiger partial charge in [-0.2, -0.15) is 0 Å². The van der Waals surface area contributed by atoms with E-state index >= 15 is 0 Å². The van der Waals surface area contributed by atoms with Gasteiger partial charge in [0.2, 0.25) is 5.91 Å². The quantitative estimate of drug-likeness (QED) is 0.716. The van der Waals surface area contributed by atoms with Crippen molar-refractivity contribution in [2.45, 2.75) is 31.7 Å². The van der Waals surface area contributed by atoms with Crippen molar-refractivity contribution in [2.75, 3.05) is 25.6 Å². The molecule has 4 nitrogen and oxygen atoms in total. The van der Waals surface area contributed by atoms with Crippen LogP contribution in [0.15, 0.2) is 53.9 Å². The van der Waals surface area contributed by atoms with Crippen LogP contribution in [0.25, 0.3) is 6.08 Å². The zero-order valence-electron chi connectivity index (χ0n) is 17.4. The summed E-state index contributed by atoms with van der Waals surface area (Å²) in [5.41, 5.74) is 10.3. The van der Waals surface area contributed by atoms with Crippen molar-refractivity contribution in [3.63, 3.8) is 0 Å². The van der Waals surface area contributed by atoms with E-state index in [1.165, 1.54) is 11.1 Å². The summed E-state index contributed by atoms with van der Waals surface area (Å²) < 4.78 is 11.8. The first kappa shape index (κ1) is 21.5. The minimum atomic E-state index is -2.16. The van der Waals surface area contributed by atoms with Gasteiger partial charge in [0.25, 0.3) is 0 Å². The topological polar surface area (TPSA) is 63.4 Å². The number of nitrogens with two attached hydrogens (primary N) is 1. The second-order valence-electron chi connectivity index (χ2n) is 8.27. The number of nitrogens with zero attached hydrogens (tertiary/aromatic N) is 1. The third kappa shape index (κ3) is 6.38. The summed E-state index contributed by atoms with van der Waals surface area (Å²) in [6.07, 6.45) is 7.80. The van der Waals surface area contributed by atoms with Gasteiger partial charge in [0.15, 0.2) is 0 Å². The Morgan fingerprint density at radius 2 is 1.79 bits per heavy atom. The summed E-state index contributed by atoms with van der Waals surface area (Å²) >= 11 is 0. The van der Waals surface area contributed by atoms with Gasteiger partial charge in [-0.05, 0) is 65.0 Å². The van der Waals surface area contributed by atoms with Crippen molar-refractivity contribution >= 4 is 21.9 Å². The van der Waals surface area contributed by atoms with Gasteiger partial charge in [-0.15, -0.1) is 0 Å². The Bertz CT molecular complexity index is 907. The van der Waals surface area contributed by atoms with Gasteiger partial charge in [-0.25, -0.2) is 0 Å². The zero-order valence-corrected chi connectivity index (χ0v) is 18.3. The first-order chi connectivity index (χ1) is 13.8. The van der Waals surface area contributed by atoms with Gasteiger partial charge in [0.05, 0.1) is 6.42 Å². The third-order valence-electron chi connectivity index (χ3n) is 5.47. The number of rotatable bonds is 6. The minimum Gasteiger partial charge on any atom is -0.342 e. The first-order valence-corrected chi connectivity index (χ1v) is 12.9. The van der Waals surface area contributed by atoms with Crippen LogP contribution in [0.1, 0.15) is 41.0 Å². The SMILES string of the molecule is C[SH](C)(=O)/C=C/c1ccc(CC(=O)N2CCC(c3cccc(CN)c3)CC2)cc1. The Morgan fingerprint density at radius 1 is 1.10 bits per heavy atom. The fourth-order valence-electron chi connectivity index (χ4n) is 3.73. The number of hydrogen-bond donors (Lipinski definition) is 2. The maximum atomic E-state index is 12.7. The van der Waals surface area contributed by atoms with Gasteiger partial charge in [0, 0.05) is 19.6 Å². The molecule has 156 valence electrons. The first-order valence-electron chi connectivity index (χ1n) is 10.2. The molecule has 0 atom stereocenters. The lowest BCUT2D eigenvalue weighted by Gasteiger charge is -2.32. The summed E-state index contributed by atoms with van der Waals surface area (Å²) in [5.74, 6) is 0.693. The van der Waals surface area contributed by atoms with Gasteiger partial charge >= 0.3 is 0 Å². The van der Waals surface area contributed by atoms with Crippen molar-refractivity contribution < 1.29 is 9.00 Å². The Kier molecular flexibility index (Phi) is 7.04. The monoisotopic (exact) mass is 412 g/mol. The molecule has 2 aromatic rings. The molecular formula is C24H32N2O2S. The number of likely N-dealkylation sites (tertiary alicyclic amines) is 1. The molecule has 1 aliphatic heterocycles. The number of piperidine rings is 1. The molecule has 0 aromatic heterocycles. The molecule has 0 spiro atoms. The average Bonchev–Trinajstić information content (AvgIpc) is 2.73. The van der Waals surface area contributed by atoms with E-state index in [0.717, 1.165) is 37.1 Å². The Hall–Kier alpha value is -2.24. The summed E-state index contributed by atoms with van der Waals surface area (Å²) in [6.45, 7) is 2.18. The van der Waals surface area contributed by atoms with Crippen LogP contribution in [0.4, 0.5) is 0 Å². The fraction of sp³-hybridized carbons (Fsp3) is 0.375. The normalized spacial score (nSPS) is 16.3. The zero-order chi connectivity index (χ0) is 20.9. The van der Waals surface area contributed by atoms with E-state index in [1.54, 1.807) is 17.9 Å². The molecule has 2 N–H and O–H groups in total. The molecule has 3 rings (SSSR count). The number of benzene rings is 2. The molecule has 1 aliphatic rings. The van der Waals surface area contributed by atoms with Gasteiger partial charge < -0.3 is 10.6 Å². The Balaban J connectivity index is 1.53. The van der Waals surface area contributed by atoms with Crippen LogP contribution in [0.2, 0.25) is 0 Å². The molecule has 29 heavy (non-hydrogen) atoms. The molecular weight excluding hydrogens is 380 g/mol. The Labute approximate surface area is 175 Å². The Morgan fingerprint density at radius 3 is 2.41 bits per heavy atom. The van der Waals surface area contributed by atoms with Gasteiger partial charge in [0.1, 0.15) is 0 Å². The van der Waals surface area contributed by atoms with Crippen molar-refractivity contribution in [3.05, 3.63) is 76.2 Å². The summed E-state index contributed by atoms with van der Waals surface area (Å²) in [6, 6.07) is 16.4. The highest BCUT2D eigenvalue weighted by Gasteiger charge is 2.23. The predicted octanol–water partition coefficient (Wildman–Crippen LogP) is 3.34. The van der Waals surface area contributed by atoms with Crippen LogP contribution in [0.5, 0.6) is 0 Å². The molecule has 0 unspecified atom stereocenters. The smallest absolute Gasteiger partial charge is 0.226 e. The van der Waals surface area contributed by atoms with E-state index in [-0.39, 0.29) is 5.91 Å². The van der Waals surface area contributed by atoms with E-state index in [9.17, 15) is 9.00 Å². The average molecular weight is 413 g/mol. The fourth-order valence-corrected chi connectivity index (χ4v) is 4.27. The van der Waals surface area contributed by atoms with Crippen LogP contribution in [0.3, 0.4) is 0 Å². The number of carbonyl (C=O) groups is 1. The summed E-state index contributed by atoms with van der Waals surface area (Å²) in [4.78, 5) is 14.7. The minimum absolute atomic E-state index is 0.189. The molecule has 0 aliphatic carbocycles. The number of amides is 1. The molecule has 5 heteroatoms. The summed E-state index contributed by atoms with van der Waals surface area (Å²) in [5, 5.41) is 1.76. The molecule has 0 radical (unpaired) electrons. The number of hydrogen-bond acceptors (Lipinski definition) is 3. The van der Waals surface area contributed by atoms with E-state index in [2.05, 4.69) is 24.3 Å². The van der Waals surface area contributed by atoms with E-state index < -0.39 is 9.93 Å². The van der Waals surface area contributed by atoms with Crippen LogP contribution in [0, 0.1) is 0 Å². The highest BCUT2D eigenvalue weighted by molar-refractivity contribution is 8.04. The van der Waals surface area contributed by atoms with Crippen molar-refractivity contribution in [1.82, 2.24) is 4.90 Å². The van der Waals surface area contributed by atoms with Gasteiger partial charge in [-0.1, -0.05) is 58.5 Å². The lowest BCUT2D eigenvalue weighted by Crippen LogP contribution is -2.38. The van der Waals surface area contributed by atoms with Crippen molar-refractivity contribution in [1.29, 1.82) is 0 Å². The van der Waals surface area contributed by atoms with Crippen molar-refractivity contribution in [3.8, 4) is 0 Å². The second kappa shape index (κ2) is 9.51. The molecule has 1 amide bonds. The largest absolute Gasteiger partial charge is 0.342 e. The summed E-state index contributed by atoms with van der Waals surface area (Å²) in [7, 11) is -2.16. The number of thiol groups is 1. The highest BCUT2D eigenvalue weighted by Crippen LogP contribution is 2.28. The van der Waals surface area contributed by atoms with E-state index in [4.69, 9.17) is 5.73 Å². The van der Waals surface area contributed by atoms with E-state index in [1.807, 2.05) is 35.2 Å². The lowest BCUT2D eigenvalue weighted by atomic mass is 9.88. The van der Waals surface area contributed by atoms with Crippen LogP contribution in [-0.2, 0) is 27.7 Å². The maximum absolute atomic E-state index is 12.7. The predicted molar refractivity (Wildman–Crippen MR) is 123 cm³/mol. The third-order valence-corrected chi connectivity index (χ3v) is 6.33. The second-order valence-corrected chi connectivity index (χ2v) is 11.4. The highest BCUT2D eigenvalue weighted by atomic mass is 32.2. The van der Waals surface area contributed by atoms with Crippen LogP contribution >= 0.6 is 0 Å². The van der Waals surface area contributed by atoms with Crippen LogP contribution in [-0.4, -0.2) is 40.6 Å². The van der Waals surface area contributed by atoms with Crippen molar-refractivity contribution in [2.24, 2.45) is 5.73 Å². The van der Waals surface area contributed by atoms with E-state index in [0.29, 0.717) is 18.9 Å². The molecule has 1 heterocycles. The number of carbonyl (C=O) groups excluding carboxylic acids is 1. The molecule has 1 saturated heterocycles. The standard InChI is InChI=1S/C24H32N2O2S/c1-29(2,28)15-12-19-6-8-20(9-7-19)17-24(27)26-13-10-22(11-14-26)23-5-3-4-21(16-23)18-25/h3-9,12,15-16,22,29H,10-11,13-14,17-18,25H2,1-2H3/b15-12+.